The van der Waals surface area contributed by atoms with Gasteiger partial charge in [0.25, 0.3) is 11.6 Å². The van der Waals surface area contributed by atoms with E-state index >= 15 is 0 Å². The number of nitro benzene ring substituents is 2. The van der Waals surface area contributed by atoms with Crippen molar-refractivity contribution in [3.05, 3.63) is 92.5 Å². The summed E-state index contributed by atoms with van der Waals surface area (Å²) in [5.74, 6) is 0.627. The van der Waals surface area contributed by atoms with E-state index in [1.807, 2.05) is 0 Å². The number of nitrogens with zero attached hydrogens (tertiary/aromatic N) is 3. The number of non-ortho nitro benzene ring substituents is 1. The molecule has 2 N–H and O–H groups in total. The number of hydrogen-bond donors (Lipinski definition) is 2. The van der Waals surface area contributed by atoms with Crippen molar-refractivity contribution in [2.24, 2.45) is 5.10 Å². The Kier molecular flexibility index (Phi) is 7.68. The fourth-order valence-electron chi connectivity index (χ4n) is 2.79. The normalized spacial score (nSPS) is 10.5. The maximum Gasteiger partial charge on any atom is 0.301 e. The van der Waals surface area contributed by atoms with E-state index in [1.165, 1.54) is 19.4 Å². The topological polar surface area (TPSA) is 158 Å². The second kappa shape index (κ2) is 11.0. The average molecular weight is 465 g/mol. The van der Waals surface area contributed by atoms with Gasteiger partial charge in [-0.15, -0.1) is 0 Å². The molecule has 1 amide bonds. The van der Waals surface area contributed by atoms with Gasteiger partial charge in [-0.05, 0) is 48.0 Å². The van der Waals surface area contributed by atoms with E-state index in [2.05, 4.69) is 15.8 Å². The molecule has 0 aromatic heterocycles. The smallest absolute Gasteiger partial charge is 0.301 e. The highest BCUT2D eigenvalue weighted by molar-refractivity contribution is 5.93. The highest BCUT2D eigenvalue weighted by Gasteiger charge is 2.19. The van der Waals surface area contributed by atoms with Crippen LogP contribution in [0.15, 0.2) is 71.8 Å². The molecule has 0 aliphatic heterocycles. The molecule has 12 heteroatoms. The number of hydrogen-bond acceptors (Lipinski definition) is 9. The number of ether oxygens (including phenoxy) is 2. The largest absolute Gasteiger partial charge is 0.495 e. The molecule has 3 rings (SSSR count). The standard InChI is InChI=1S/C22H19N5O7/c1-33-21-5-3-2-4-19(21)24-22(28)14-34-17-9-6-15(7-10-17)13-23-25-18-11-8-16(26(29)30)12-20(18)27(31)32/h2-13,25H,14H2,1H3,(H,24,28)/b23-13+. The van der Waals surface area contributed by atoms with Crippen molar-refractivity contribution in [1.82, 2.24) is 0 Å². The number of anilines is 2. The zero-order valence-corrected chi connectivity index (χ0v) is 17.8. The summed E-state index contributed by atoms with van der Waals surface area (Å²) in [5, 5.41) is 28.6. The fraction of sp³-hybridized carbons (Fsp3) is 0.0909. The minimum atomic E-state index is -0.735. The lowest BCUT2D eigenvalue weighted by Crippen LogP contribution is -2.20. The van der Waals surface area contributed by atoms with E-state index in [1.54, 1.807) is 48.5 Å². The van der Waals surface area contributed by atoms with Gasteiger partial charge in [0.05, 0.1) is 34.9 Å². The molecule has 0 aliphatic carbocycles. The molecule has 0 saturated heterocycles. The Bertz CT molecular complexity index is 1230. The third-order valence-electron chi connectivity index (χ3n) is 4.42. The third-order valence-corrected chi connectivity index (χ3v) is 4.42. The van der Waals surface area contributed by atoms with Crippen LogP contribution >= 0.6 is 0 Å². The van der Waals surface area contributed by atoms with Crippen molar-refractivity contribution < 1.29 is 24.1 Å². The van der Waals surface area contributed by atoms with Crippen LogP contribution in [0.4, 0.5) is 22.7 Å². The van der Waals surface area contributed by atoms with Gasteiger partial charge in [-0.3, -0.25) is 30.4 Å². The van der Waals surface area contributed by atoms with E-state index in [4.69, 9.17) is 9.47 Å². The minimum Gasteiger partial charge on any atom is -0.495 e. The van der Waals surface area contributed by atoms with E-state index < -0.39 is 21.2 Å². The number of nitrogens with one attached hydrogen (secondary N) is 2. The van der Waals surface area contributed by atoms with Crippen molar-refractivity contribution in [2.45, 2.75) is 0 Å². The van der Waals surface area contributed by atoms with Crippen molar-refractivity contribution in [1.29, 1.82) is 0 Å². The Morgan fingerprint density at radius 2 is 1.74 bits per heavy atom. The fourth-order valence-corrected chi connectivity index (χ4v) is 2.79. The van der Waals surface area contributed by atoms with Gasteiger partial charge in [-0.1, -0.05) is 12.1 Å². The number of methoxy groups -OCH3 is 1. The number of hydrazone groups is 1. The van der Waals surface area contributed by atoms with E-state index in [0.29, 0.717) is 22.7 Å². The Balaban J connectivity index is 1.55. The van der Waals surface area contributed by atoms with Gasteiger partial charge in [0, 0.05) is 6.07 Å². The Hall–Kier alpha value is -5.00. The van der Waals surface area contributed by atoms with Gasteiger partial charge in [0.15, 0.2) is 6.61 Å². The molecule has 0 radical (unpaired) electrons. The minimum absolute atomic E-state index is 0.00728. The van der Waals surface area contributed by atoms with Gasteiger partial charge >= 0.3 is 5.69 Å². The van der Waals surface area contributed by atoms with Crippen LogP contribution in [0.5, 0.6) is 11.5 Å². The molecule has 0 aliphatic rings. The van der Waals surface area contributed by atoms with Gasteiger partial charge in [0.1, 0.15) is 17.2 Å². The quantitative estimate of drug-likeness (QED) is 0.258. The SMILES string of the molecule is COc1ccccc1NC(=O)COc1ccc(/C=N/Nc2ccc([N+](=O)[O-])cc2[N+](=O)[O-])cc1. The summed E-state index contributed by atoms with van der Waals surface area (Å²) >= 11 is 0. The summed E-state index contributed by atoms with van der Waals surface area (Å²) in [6.07, 6.45) is 1.41. The highest BCUT2D eigenvalue weighted by atomic mass is 16.6. The predicted octanol–water partition coefficient (Wildman–Crippen LogP) is 3.98. The van der Waals surface area contributed by atoms with Crippen molar-refractivity contribution in [3.63, 3.8) is 0 Å². The van der Waals surface area contributed by atoms with Gasteiger partial charge in [-0.2, -0.15) is 5.10 Å². The van der Waals surface area contributed by atoms with Crippen LogP contribution in [0.3, 0.4) is 0 Å². The molecule has 0 unspecified atom stereocenters. The lowest BCUT2D eigenvalue weighted by molar-refractivity contribution is -0.393. The molecular weight excluding hydrogens is 446 g/mol. The molecule has 0 saturated carbocycles. The first-order valence-electron chi connectivity index (χ1n) is 9.75. The molecule has 3 aromatic rings. The van der Waals surface area contributed by atoms with E-state index in [0.717, 1.165) is 12.1 Å². The van der Waals surface area contributed by atoms with Crippen LogP contribution in [-0.2, 0) is 4.79 Å². The van der Waals surface area contributed by atoms with Crippen molar-refractivity contribution >= 4 is 34.9 Å². The summed E-state index contributed by atoms with van der Waals surface area (Å²) in [6, 6.07) is 16.8. The van der Waals surface area contributed by atoms with Gasteiger partial charge < -0.3 is 14.8 Å². The van der Waals surface area contributed by atoms with E-state index in [-0.39, 0.29) is 18.2 Å². The molecule has 0 heterocycles. The first-order valence-corrected chi connectivity index (χ1v) is 9.75. The maximum atomic E-state index is 12.1. The van der Waals surface area contributed by atoms with E-state index in [9.17, 15) is 25.0 Å². The zero-order valence-electron chi connectivity index (χ0n) is 17.8. The Morgan fingerprint density at radius 3 is 2.41 bits per heavy atom. The summed E-state index contributed by atoms with van der Waals surface area (Å²) in [4.78, 5) is 32.6. The number of carbonyl (C=O) groups excluding carboxylic acids is 1. The van der Waals surface area contributed by atoms with Crippen molar-refractivity contribution in [2.75, 3.05) is 24.5 Å². The van der Waals surface area contributed by atoms with Gasteiger partial charge in [-0.25, -0.2) is 0 Å². The molecule has 0 bridgehead atoms. The van der Waals surface area contributed by atoms with Crippen molar-refractivity contribution in [3.8, 4) is 11.5 Å². The molecule has 34 heavy (non-hydrogen) atoms. The third kappa shape index (κ3) is 6.26. The first-order chi connectivity index (χ1) is 16.4. The number of nitro groups is 2. The second-order valence-electron chi connectivity index (χ2n) is 6.69. The lowest BCUT2D eigenvalue weighted by atomic mass is 10.2. The van der Waals surface area contributed by atoms with Gasteiger partial charge in [0.2, 0.25) is 0 Å². The Morgan fingerprint density at radius 1 is 1.00 bits per heavy atom. The predicted molar refractivity (Wildman–Crippen MR) is 125 cm³/mol. The monoisotopic (exact) mass is 465 g/mol. The highest BCUT2D eigenvalue weighted by Crippen LogP contribution is 2.29. The van der Waals surface area contributed by atoms with Crippen LogP contribution in [-0.4, -0.2) is 35.7 Å². The molecule has 12 nitrogen and oxygen atoms in total. The maximum absolute atomic E-state index is 12.1. The van der Waals surface area contributed by atoms with Crippen LogP contribution in [0.1, 0.15) is 5.56 Å². The average Bonchev–Trinajstić information content (AvgIpc) is 2.83. The lowest BCUT2D eigenvalue weighted by Gasteiger charge is -2.10. The number of carbonyl (C=O) groups is 1. The summed E-state index contributed by atoms with van der Waals surface area (Å²) < 4.78 is 10.7. The number of rotatable bonds is 10. The number of para-hydroxylation sites is 2. The molecule has 0 atom stereocenters. The van der Waals surface area contributed by atoms with Crippen LogP contribution in [0, 0.1) is 20.2 Å². The molecule has 174 valence electrons. The molecule has 0 spiro atoms. The Labute approximate surface area is 193 Å². The molecule has 3 aromatic carbocycles. The summed E-state index contributed by atoms with van der Waals surface area (Å²) in [7, 11) is 1.51. The number of amides is 1. The molecular formula is C22H19N5O7. The van der Waals surface area contributed by atoms with Crippen LogP contribution in [0.25, 0.3) is 0 Å². The zero-order chi connectivity index (χ0) is 24.5. The van der Waals surface area contributed by atoms with Crippen LogP contribution in [0.2, 0.25) is 0 Å². The molecule has 0 fully saturated rings. The second-order valence-corrected chi connectivity index (χ2v) is 6.69. The number of benzene rings is 3. The first kappa shape index (κ1) is 23.7. The van der Waals surface area contributed by atoms with Crippen LogP contribution < -0.4 is 20.2 Å². The summed E-state index contributed by atoms with van der Waals surface area (Å²) in [6.45, 7) is -0.211. The summed E-state index contributed by atoms with van der Waals surface area (Å²) in [5.41, 5.74) is 2.82.